The standard InChI is InChI=1S/C15H23N3OS/c1-5-16-13(8-12-6-7-20-10-12)15-14(19-4)9-17-18(15)11(2)3/h6-7,9-11,13,16H,5,8H2,1-4H3. The lowest BCUT2D eigenvalue weighted by atomic mass is 10.0. The normalized spacial score (nSPS) is 12.8. The van der Waals surface area contributed by atoms with Crippen LogP contribution in [0.25, 0.3) is 0 Å². The number of ether oxygens (including phenoxy) is 1. The molecule has 0 aliphatic heterocycles. The minimum absolute atomic E-state index is 0.217. The molecular weight excluding hydrogens is 270 g/mol. The molecule has 0 radical (unpaired) electrons. The molecule has 4 nitrogen and oxygen atoms in total. The van der Waals surface area contributed by atoms with Crippen LogP contribution in [0.5, 0.6) is 5.75 Å². The molecule has 1 unspecified atom stereocenters. The highest BCUT2D eigenvalue weighted by Crippen LogP contribution is 2.30. The zero-order valence-electron chi connectivity index (χ0n) is 12.6. The summed E-state index contributed by atoms with van der Waals surface area (Å²) in [6.07, 6.45) is 2.76. The van der Waals surface area contributed by atoms with Crippen molar-refractivity contribution in [2.75, 3.05) is 13.7 Å². The van der Waals surface area contributed by atoms with Crippen LogP contribution in [0, 0.1) is 0 Å². The van der Waals surface area contributed by atoms with E-state index in [1.54, 1.807) is 18.4 Å². The van der Waals surface area contributed by atoms with E-state index in [0.717, 1.165) is 24.4 Å². The predicted octanol–water partition coefficient (Wildman–Crippen LogP) is 3.43. The molecule has 0 aliphatic carbocycles. The van der Waals surface area contributed by atoms with E-state index in [1.807, 2.05) is 6.20 Å². The van der Waals surface area contributed by atoms with Gasteiger partial charge in [0, 0.05) is 6.04 Å². The Hall–Kier alpha value is -1.33. The van der Waals surface area contributed by atoms with E-state index >= 15 is 0 Å². The topological polar surface area (TPSA) is 39.1 Å². The monoisotopic (exact) mass is 293 g/mol. The van der Waals surface area contributed by atoms with Crippen LogP contribution in [0.15, 0.2) is 23.0 Å². The number of hydrogen-bond donors (Lipinski definition) is 1. The maximum Gasteiger partial charge on any atom is 0.161 e. The highest BCUT2D eigenvalue weighted by atomic mass is 32.1. The lowest BCUT2D eigenvalue weighted by molar-refractivity contribution is 0.384. The average Bonchev–Trinajstić information content (AvgIpc) is 3.06. The van der Waals surface area contributed by atoms with Crippen molar-refractivity contribution in [3.8, 4) is 5.75 Å². The van der Waals surface area contributed by atoms with E-state index < -0.39 is 0 Å². The smallest absolute Gasteiger partial charge is 0.161 e. The summed E-state index contributed by atoms with van der Waals surface area (Å²) in [5.74, 6) is 0.861. The molecule has 5 heteroatoms. The van der Waals surface area contributed by atoms with Crippen molar-refractivity contribution in [3.63, 3.8) is 0 Å². The predicted molar refractivity (Wildman–Crippen MR) is 83.6 cm³/mol. The van der Waals surface area contributed by atoms with Gasteiger partial charge in [0.05, 0.1) is 25.0 Å². The number of nitrogens with zero attached hydrogens (tertiary/aromatic N) is 2. The first-order valence-corrected chi connectivity index (χ1v) is 7.97. The fourth-order valence-corrected chi connectivity index (χ4v) is 3.09. The first kappa shape index (κ1) is 15.1. The summed E-state index contributed by atoms with van der Waals surface area (Å²) in [4.78, 5) is 0. The molecule has 2 aromatic heterocycles. The average molecular weight is 293 g/mol. The lowest BCUT2D eigenvalue weighted by Crippen LogP contribution is -2.26. The third-order valence-electron chi connectivity index (χ3n) is 3.31. The molecule has 0 aliphatic rings. The highest BCUT2D eigenvalue weighted by molar-refractivity contribution is 7.07. The molecule has 2 aromatic rings. The van der Waals surface area contributed by atoms with Gasteiger partial charge in [0.15, 0.2) is 5.75 Å². The number of hydrogen-bond acceptors (Lipinski definition) is 4. The fraction of sp³-hybridized carbons (Fsp3) is 0.533. The van der Waals surface area contributed by atoms with E-state index in [-0.39, 0.29) is 6.04 Å². The SMILES string of the molecule is CCNC(Cc1ccsc1)c1c(OC)cnn1C(C)C. The zero-order valence-corrected chi connectivity index (χ0v) is 13.4. The fourth-order valence-electron chi connectivity index (χ4n) is 2.41. The van der Waals surface area contributed by atoms with Gasteiger partial charge < -0.3 is 10.1 Å². The second kappa shape index (κ2) is 6.90. The summed E-state index contributed by atoms with van der Waals surface area (Å²) in [5, 5.41) is 12.4. The van der Waals surface area contributed by atoms with Crippen molar-refractivity contribution in [2.24, 2.45) is 0 Å². The largest absolute Gasteiger partial charge is 0.493 e. The van der Waals surface area contributed by atoms with Gasteiger partial charge in [-0.05, 0) is 49.2 Å². The van der Waals surface area contributed by atoms with Gasteiger partial charge in [-0.3, -0.25) is 4.68 Å². The Kier molecular flexibility index (Phi) is 5.20. The summed E-state index contributed by atoms with van der Waals surface area (Å²) in [6, 6.07) is 2.71. The van der Waals surface area contributed by atoms with E-state index in [9.17, 15) is 0 Å². The number of methoxy groups -OCH3 is 1. The molecule has 1 atom stereocenters. The molecule has 0 bridgehead atoms. The molecule has 2 heterocycles. The van der Waals surface area contributed by atoms with Crippen LogP contribution < -0.4 is 10.1 Å². The number of nitrogens with one attached hydrogen (secondary N) is 1. The summed E-state index contributed by atoms with van der Waals surface area (Å²) >= 11 is 1.74. The first-order valence-electron chi connectivity index (χ1n) is 7.03. The van der Waals surface area contributed by atoms with Crippen molar-refractivity contribution in [1.29, 1.82) is 0 Å². The Morgan fingerprint density at radius 2 is 2.25 bits per heavy atom. The summed E-state index contributed by atoms with van der Waals surface area (Å²) in [7, 11) is 1.71. The maximum atomic E-state index is 5.50. The molecule has 1 N–H and O–H groups in total. The molecule has 0 amide bonds. The molecular formula is C15H23N3OS. The molecule has 0 saturated heterocycles. The second-order valence-corrected chi connectivity index (χ2v) is 5.86. The molecule has 2 rings (SSSR count). The van der Waals surface area contributed by atoms with Crippen LogP contribution in [0.4, 0.5) is 0 Å². The Balaban J connectivity index is 2.34. The van der Waals surface area contributed by atoms with Gasteiger partial charge in [-0.25, -0.2) is 0 Å². The minimum Gasteiger partial charge on any atom is -0.493 e. The van der Waals surface area contributed by atoms with Gasteiger partial charge >= 0.3 is 0 Å². The molecule has 20 heavy (non-hydrogen) atoms. The van der Waals surface area contributed by atoms with Crippen LogP contribution in [-0.2, 0) is 6.42 Å². The lowest BCUT2D eigenvalue weighted by Gasteiger charge is -2.22. The Morgan fingerprint density at radius 1 is 1.45 bits per heavy atom. The van der Waals surface area contributed by atoms with Gasteiger partial charge in [0.2, 0.25) is 0 Å². The molecule has 110 valence electrons. The Labute approximate surface area is 124 Å². The summed E-state index contributed by atoms with van der Waals surface area (Å²) in [6.45, 7) is 7.33. The van der Waals surface area contributed by atoms with E-state index in [2.05, 4.69) is 52.7 Å². The number of thiophene rings is 1. The van der Waals surface area contributed by atoms with Crippen molar-refractivity contribution in [2.45, 2.75) is 39.3 Å². The molecule has 0 aromatic carbocycles. The van der Waals surface area contributed by atoms with E-state index in [0.29, 0.717) is 6.04 Å². The Bertz CT molecular complexity index is 519. The zero-order chi connectivity index (χ0) is 14.5. The molecule has 0 fully saturated rings. The van der Waals surface area contributed by atoms with Crippen LogP contribution in [0.1, 0.15) is 44.1 Å². The quantitative estimate of drug-likeness (QED) is 0.850. The van der Waals surface area contributed by atoms with Gasteiger partial charge in [-0.15, -0.1) is 0 Å². The molecule has 0 spiro atoms. The van der Waals surface area contributed by atoms with Crippen molar-refractivity contribution in [1.82, 2.24) is 15.1 Å². The van der Waals surface area contributed by atoms with Crippen molar-refractivity contribution < 1.29 is 4.74 Å². The number of likely N-dealkylation sites (N-methyl/N-ethyl adjacent to an activating group) is 1. The van der Waals surface area contributed by atoms with Gasteiger partial charge in [0.25, 0.3) is 0 Å². The third-order valence-corrected chi connectivity index (χ3v) is 4.04. The van der Waals surface area contributed by atoms with E-state index in [1.165, 1.54) is 5.56 Å². The van der Waals surface area contributed by atoms with Crippen molar-refractivity contribution >= 4 is 11.3 Å². The first-order chi connectivity index (χ1) is 9.67. The minimum atomic E-state index is 0.217. The van der Waals surface area contributed by atoms with Gasteiger partial charge in [-0.1, -0.05) is 6.92 Å². The van der Waals surface area contributed by atoms with Crippen LogP contribution in [-0.4, -0.2) is 23.4 Å². The maximum absolute atomic E-state index is 5.50. The van der Waals surface area contributed by atoms with Crippen molar-refractivity contribution in [3.05, 3.63) is 34.3 Å². The Morgan fingerprint density at radius 3 is 2.80 bits per heavy atom. The summed E-state index contributed by atoms with van der Waals surface area (Å²) in [5.41, 5.74) is 2.48. The summed E-state index contributed by atoms with van der Waals surface area (Å²) < 4.78 is 7.56. The molecule has 0 saturated carbocycles. The van der Waals surface area contributed by atoms with Gasteiger partial charge in [-0.2, -0.15) is 16.4 Å². The third kappa shape index (κ3) is 3.22. The van der Waals surface area contributed by atoms with Crippen LogP contribution in [0.3, 0.4) is 0 Å². The van der Waals surface area contributed by atoms with Crippen LogP contribution >= 0.6 is 11.3 Å². The van der Waals surface area contributed by atoms with Crippen LogP contribution in [0.2, 0.25) is 0 Å². The second-order valence-electron chi connectivity index (χ2n) is 5.08. The van der Waals surface area contributed by atoms with E-state index in [4.69, 9.17) is 4.74 Å². The highest BCUT2D eigenvalue weighted by Gasteiger charge is 2.23. The number of rotatable bonds is 7. The van der Waals surface area contributed by atoms with Gasteiger partial charge in [0.1, 0.15) is 0 Å². The number of aromatic nitrogens is 2.